The van der Waals surface area contributed by atoms with Crippen molar-refractivity contribution < 1.29 is 5.11 Å². The zero-order valence-electron chi connectivity index (χ0n) is 7.88. The Balaban J connectivity index is 2.03. The van der Waals surface area contributed by atoms with Crippen molar-refractivity contribution in [2.45, 2.75) is 26.3 Å². The average Bonchev–Trinajstić information content (AvgIpc) is 2.39. The number of nitrogens with one attached hydrogen (secondary N) is 1. The quantitative estimate of drug-likeness (QED) is 0.728. The number of rotatable bonds is 3. The van der Waals surface area contributed by atoms with Crippen LogP contribution >= 0.6 is 0 Å². The molecule has 1 saturated heterocycles. The third kappa shape index (κ3) is 1.67. The molecule has 0 aromatic carbocycles. The fourth-order valence-electron chi connectivity index (χ4n) is 1.53. The molecular formula is C9H15N3O. The van der Waals surface area contributed by atoms with E-state index >= 15 is 0 Å². The molecule has 1 aliphatic rings. The Hall–Kier alpha value is -1.03. The van der Waals surface area contributed by atoms with Gasteiger partial charge in [0.25, 0.3) is 0 Å². The fraction of sp³-hybridized carbons (Fsp3) is 0.667. The Labute approximate surface area is 77.6 Å². The van der Waals surface area contributed by atoms with E-state index in [0.717, 1.165) is 37.6 Å². The van der Waals surface area contributed by atoms with Crippen LogP contribution < -0.4 is 0 Å². The van der Waals surface area contributed by atoms with Crippen molar-refractivity contribution in [3.63, 3.8) is 0 Å². The molecule has 72 valence electrons. The van der Waals surface area contributed by atoms with Gasteiger partial charge in [0.1, 0.15) is 5.82 Å². The Morgan fingerprint density at radius 1 is 1.54 bits per heavy atom. The van der Waals surface area contributed by atoms with Crippen LogP contribution in [0.15, 0.2) is 0 Å². The van der Waals surface area contributed by atoms with Gasteiger partial charge in [-0.05, 0) is 25.9 Å². The fourth-order valence-corrected chi connectivity index (χ4v) is 1.53. The van der Waals surface area contributed by atoms with Gasteiger partial charge in [0.15, 0.2) is 0 Å². The van der Waals surface area contributed by atoms with E-state index in [1.54, 1.807) is 0 Å². The van der Waals surface area contributed by atoms with Crippen LogP contribution in [0.1, 0.15) is 24.9 Å². The average molecular weight is 181 g/mol. The molecule has 1 aliphatic heterocycles. The lowest BCUT2D eigenvalue weighted by Crippen LogP contribution is -2.36. The second kappa shape index (κ2) is 3.38. The van der Waals surface area contributed by atoms with Crippen LogP contribution in [0.25, 0.3) is 0 Å². The minimum absolute atomic E-state index is 0.165. The molecule has 2 rings (SSSR count). The highest BCUT2D eigenvalue weighted by atomic mass is 16.3. The number of H-pyrrole nitrogens is 1. The predicted octanol–water partition coefficient (Wildman–Crippen LogP) is 0.883. The van der Waals surface area contributed by atoms with Crippen molar-refractivity contribution in [2.75, 3.05) is 13.1 Å². The minimum Gasteiger partial charge on any atom is -0.492 e. The normalized spacial score (nSPS) is 17.3. The monoisotopic (exact) mass is 181 g/mol. The summed E-state index contributed by atoms with van der Waals surface area (Å²) in [6.07, 6.45) is 2.09. The lowest BCUT2D eigenvalue weighted by molar-refractivity contribution is 0.168. The van der Waals surface area contributed by atoms with Crippen LogP contribution in [-0.2, 0) is 13.0 Å². The highest BCUT2D eigenvalue weighted by Gasteiger charge is 2.16. The van der Waals surface area contributed by atoms with Gasteiger partial charge in [0.05, 0.1) is 12.2 Å². The van der Waals surface area contributed by atoms with E-state index in [2.05, 4.69) is 14.9 Å². The second-order valence-electron chi connectivity index (χ2n) is 3.47. The molecule has 0 atom stereocenters. The zero-order chi connectivity index (χ0) is 9.26. The molecule has 2 N–H and O–H groups in total. The Kier molecular flexibility index (Phi) is 2.22. The molecule has 1 aromatic rings. The molecule has 0 spiro atoms. The van der Waals surface area contributed by atoms with Crippen LogP contribution in [0.5, 0.6) is 5.88 Å². The SMILES string of the molecule is CCc1[nH]c(CN2CCC2)nc1O. The van der Waals surface area contributed by atoms with Crippen LogP contribution in [0.2, 0.25) is 0 Å². The number of imidazole rings is 1. The molecule has 0 radical (unpaired) electrons. The number of aromatic hydroxyl groups is 1. The van der Waals surface area contributed by atoms with E-state index in [1.165, 1.54) is 6.42 Å². The lowest BCUT2D eigenvalue weighted by Gasteiger charge is -2.29. The predicted molar refractivity (Wildman–Crippen MR) is 49.5 cm³/mol. The molecule has 0 unspecified atom stereocenters. The second-order valence-corrected chi connectivity index (χ2v) is 3.47. The van der Waals surface area contributed by atoms with Crippen molar-refractivity contribution >= 4 is 0 Å². The first-order chi connectivity index (χ1) is 6.29. The van der Waals surface area contributed by atoms with Gasteiger partial charge in [-0.2, -0.15) is 4.98 Å². The van der Waals surface area contributed by atoms with Crippen LogP contribution in [0, 0.1) is 0 Å². The smallest absolute Gasteiger partial charge is 0.232 e. The van der Waals surface area contributed by atoms with E-state index in [1.807, 2.05) is 6.92 Å². The molecule has 0 amide bonds. The summed E-state index contributed by atoms with van der Waals surface area (Å²) < 4.78 is 0. The molecule has 4 nitrogen and oxygen atoms in total. The van der Waals surface area contributed by atoms with Gasteiger partial charge in [-0.25, -0.2) is 0 Å². The third-order valence-corrected chi connectivity index (χ3v) is 2.48. The first-order valence-electron chi connectivity index (χ1n) is 4.78. The number of aryl methyl sites for hydroxylation is 1. The van der Waals surface area contributed by atoms with Gasteiger partial charge in [0.2, 0.25) is 5.88 Å². The molecule has 0 saturated carbocycles. The van der Waals surface area contributed by atoms with Crippen LogP contribution in [-0.4, -0.2) is 33.1 Å². The Bertz CT molecular complexity index is 291. The summed E-state index contributed by atoms with van der Waals surface area (Å²) >= 11 is 0. The van der Waals surface area contributed by atoms with E-state index in [9.17, 15) is 5.11 Å². The molecule has 0 aliphatic carbocycles. The first kappa shape index (κ1) is 8.56. The summed E-state index contributed by atoms with van der Waals surface area (Å²) in [5.74, 6) is 1.05. The van der Waals surface area contributed by atoms with E-state index < -0.39 is 0 Å². The van der Waals surface area contributed by atoms with Gasteiger partial charge in [-0.1, -0.05) is 6.92 Å². The van der Waals surface area contributed by atoms with Gasteiger partial charge >= 0.3 is 0 Å². The summed E-state index contributed by atoms with van der Waals surface area (Å²) in [7, 11) is 0. The van der Waals surface area contributed by atoms with Crippen molar-refractivity contribution in [3.05, 3.63) is 11.5 Å². The van der Waals surface area contributed by atoms with Gasteiger partial charge in [0, 0.05) is 0 Å². The summed E-state index contributed by atoms with van der Waals surface area (Å²) in [6.45, 7) is 5.15. The Morgan fingerprint density at radius 3 is 2.77 bits per heavy atom. The molecule has 13 heavy (non-hydrogen) atoms. The summed E-state index contributed by atoms with van der Waals surface area (Å²) in [6, 6.07) is 0. The molecule has 0 bridgehead atoms. The highest BCUT2D eigenvalue weighted by molar-refractivity contribution is 5.19. The third-order valence-electron chi connectivity index (χ3n) is 2.48. The van der Waals surface area contributed by atoms with Gasteiger partial charge < -0.3 is 10.1 Å². The number of aromatic nitrogens is 2. The lowest BCUT2D eigenvalue weighted by atomic mass is 10.2. The maximum absolute atomic E-state index is 9.37. The van der Waals surface area contributed by atoms with E-state index in [0.29, 0.717) is 0 Å². The van der Waals surface area contributed by atoms with E-state index in [4.69, 9.17) is 0 Å². The first-order valence-corrected chi connectivity index (χ1v) is 4.78. The maximum Gasteiger partial charge on any atom is 0.232 e. The topological polar surface area (TPSA) is 52.2 Å². The number of aromatic amines is 1. The highest BCUT2D eigenvalue weighted by Crippen LogP contribution is 2.16. The van der Waals surface area contributed by atoms with Crippen molar-refractivity contribution in [1.82, 2.24) is 14.9 Å². The number of hydrogen-bond donors (Lipinski definition) is 2. The summed E-state index contributed by atoms with van der Waals surface area (Å²) in [5, 5.41) is 9.37. The van der Waals surface area contributed by atoms with Gasteiger partial charge in [-0.15, -0.1) is 0 Å². The van der Waals surface area contributed by atoms with Crippen LogP contribution in [0.3, 0.4) is 0 Å². The maximum atomic E-state index is 9.37. The minimum atomic E-state index is 0.165. The molecule has 1 fully saturated rings. The van der Waals surface area contributed by atoms with Crippen molar-refractivity contribution in [1.29, 1.82) is 0 Å². The largest absolute Gasteiger partial charge is 0.492 e. The molecular weight excluding hydrogens is 166 g/mol. The van der Waals surface area contributed by atoms with Crippen LogP contribution in [0.4, 0.5) is 0 Å². The summed E-state index contributed by atoms with van der Waals surface area (Å²) in [4.78, 5) is 9.49. The van der Waals surface area contributed by atoms with Crippen molar-refractivity contribution in [2.24, 2.45) is 0 Å². The van der Waals surface area contributed by atoms with Gasteiger partial charge in [-0.3, -0.25) is 4.90 Å². The number of nitrogens with zero attached hydrogens (tertiary/aromatic N) is 2. The Morgan fingerprint density at radius 2 is 2.31 bits per heavy atom. The zero-order valence-corrected chi connectivity index (χ0v) is 7.88. The van der Waals surface area contributed by atoms with Crippen molar-refractivity contribution in [3.8, 4) is 5.88 Å². The molecule has 1 aromatic heterocycles. The molecule has 4 heteroatoms. The standard InChI is InChI=1S/C9H15N3O/c1-2-7-9(13)11-8(10-7)6-12-4-3-5-12/h13H,2-6H2,1H3,(H,10,11). The number of likely N-dealkylation sites (tertiary alicyclic amines) is 1. The summed E-state index contributed by atoms with van der Waals surface area (Å²) in [5.41, 5.74) is 0.843. The molecule has 2 heterocycles. The number of hydrogen-bond acceptors (Lipinski definition) is 3. The van der Waals surface area contributed by atoms with E-state index in [-0.39, 0.29) is 5.88 Å².